The number of thioether (sulfide) groups is 1. The molecule has 0 saturated carbocycles. The molecule has 0 spiro atoms. The van der Waals surface area contributed by atoms with Crippen LogP contribution in [0.2, 0.25) is 0 Å². The third kappa shape index (κ3) is 3.29. The predicted octanol–water partition coefficient (Wildman–Crippen LogP) is 3.00. The number of nitrogens with zero attached hydrogens (tertiary/aromatic N) is 1. The first-order valence-corrected chi connectivity index (χ1v) is 7.71. The van der Waals surface area contributed by atoms with Crippen LogP contribution < -0.4 is 0 Å². The summed E-state index contributed by atoms with van der Waals surface area (Å²) in [7, 11) is 0. The lowest BCUT2D eigenvalue weighted by Gasteiger charge is -2.11. The fourth-order valence-electron chi connectivity index (χ4n) is 1.92. The van der Waals surface area contributed by atoms with Crippen LogP contribution in [0, 0.1) is 0 Å². The van der Waals surface area contributed by atoms with Gasteiger partial charge in [0, 0.05) is 0 Å². The van der Waals surface area contributed by atoms with Gasteiger partial charge in [0.1, 0.15) is 4.32 Å². The van der Waals surface area contributed by atoms with Crippen LogP contribution >= 0.6 is 24.0 Å². The Morgan fingerprint density at radius 3 is 2.55 bits per heavy atom. The lowest BCUT2D eigenvalue weighted by molar-refractivity contribution is -0.122. The van der Waals surface area contributed by atoms with E-state index in [9.17, 15) is 4.79 Å². The van der Waals surface area contributed by atoms with Gasteiger partial charge >= 0.3 is 0 Å². The van der Waals surface area contributed by atoms with Gasteiger partial charge in [-0.2, -0.15) is 0 Å². The second kappa shape index (κ2) is 6.52. The second-order valence-electron chi connectivity index (χ2n) is 4.88. The van der Waals surface area contributed by atoms with Gasteiger partial charge in [0.15, 0.2) is 0 Å². The van der Waals surface area contributed by atoms with E-state index in [0.717, 1.165) is 5.56 Å². The Labute approximate surface area is 128 Å². The van der Waals surface area contributed by atoms with E-state index in [4.69, 9.17) is 17.3 Å². The maximum absolute atomic E-state index is 12.1. The molecule has 0 aromatic heterocycles. The van der Waals surface area contributed by atoms with Crippen LogP contribution in [0.4, 0.5) is 0 Å². The number of hydrogen-bond acceptors (Lipinski definition) is 4. The Bertz CT molecular complexity index is 549. The van der Waals surface area contributed by atoms with Crippen molar-refractivity contribution in [3.05, 3.63) is 40.3 Å². The minimum atomic E-state index is -0.123. The molecule has 0 atom stereocenters. The number of hydrogen-bond donors (Lipinski definition) is 1. The third-order valence-corrected chi connectivity index (χ3v) is 4.48. The number of carbonyl (C=O) groups excluding carboxylic acids is 1. The molecule has 5 heteroatoms. The Morgan fingerprint density at radius 2 is 2.00 bits per heavy atom. The Balaban J connectivity index is 2.19. The first-order chi connectivity index (χ1) is 9.52. The average molecular weight is 307 g/mol. The molecule has 0 aliphatic carbocycles. The van der Waals surface area contributed by atoms with Gasteiger partial charge in [0.2, 0.25) is 0 Å². The number of thiocarbonyl (C=S) groups is 1. The van der Waals surface area contributed by atoms with E-state index in [2.05, 4.69) is 26.0 Å². The predicted molar refractivity (Wildman–Crippen MR) is 87.5 cm³/mol. The lowest BCUT2D eigenvalue weighted by Crippen LogP contribution is -2.30. The molecule has 1 aromatic carbocycles. The summed E-state index contributed by atoms with van der Waals surface area (Å²) in [6.07, 6.45) is 1.85. The SMILES string of the molecule is CC(C)c1ccc(/C=C2\SC(=S)N(CCO)C2=O)cc1. The fraction of sp³-hybridized carbons (Fsp3) is 0.333. The highest BCUT2D eigenvalue weighted by Gasteiger charge is 2.31. The van der Waals surface area contributed by atoms with Crippen molar-refractivity contribution in [3.8, 4) is 0 Å². The summed E-state index contributed by atoms with van der Waals surface area (Å²) in [5.41, 5.74) is 2.26. The van der Waals surface area contributed by atoms with Crippen molar-refractivity contribution in [1.82, 2.24) is 4.90 Å². The molecule has 1 amide bonds. The van der Waals surface area contributed by atoms with Crippen LogP contribution in [0.15, 0.2) is 29.2 Å². The zero-order chi connectivity index (χ0) is 14.7. The van der Waals surface area contributed by atoms with Crippen LogP contribution in [-0.2, 0) is 4.79 Å². The minimum absolute atomic E-state index is 0.0806. The molecule has 1 aliphatic rings. The molecule has 2 rings (SSSR count). The van der Waals surface area contributed by atoms with Gasteiger partial charge < -0.3 is 5.11 Å². The molecule has 0 radical (unpaired) electrons. The molecule has 1 aromatic rings. The van der Waals surface area contributed by atoms with Gasteiger partial charge in [-0.05, 0) is 23.1 Å². The highest BCUT2D eigenvalue weighted by molar-refractivity contribution is 8.26. The maximum Gasteiger partial charge on any atom is 0.266 e. The molecular formula is C15H17NO2S2. The van der Waals surface area contributed by atoms with Gasteiger partial charge in [-0.3, -0.25) is 9.69 Å². The van der Waals surface area contributed by atoms with Crippen molar-refractivity contribution in [2.75, 3.05) is 13.2 Å². The Hall–Kier alpha value is -1.17. The van der Waals surface area contributed by atoms with E-state index in [1.165, 1.54) is 22.2 Å². The summed E-state index contributed by atoms with van der Waals surface area (Å²) in [6, 6.07) is 8.16. The first kappa shape index (κ1) is 15.2. The van der Waals surface area contributed by atoms with Crippen molar-refractivity contribution >= 4 is 40.3 Å². The molecule has 1 N–H and O–H groups in total. The van der Waals surface area contributed by atoms with E-state index in [1.54, 1.807) is 0 Å². The molecule has 1 aliphatic heterocycles. The highest BCUT2D eigenvalue weighted by Crippen LogP contribution is 2.32. The number of amides is 1. The van der Waals surface area contributed by atoms with E-state index >= 15 is 0 Å². The number of rotatable bonds is 4. The second-order valence-corrected chi connectivity index (χ2v) is 6.55. The van der Waals surface area contributed by atoms with Gasteiger partial charge in [0.25, 0.3) is 5.91 Å². The Kier molecular flexibility index (Phi) is 4.96. The van der Waals surface area contributed by atoms with Crippen molar-refractivity contribution in [2.45, 2.75) is 19.8 Å². The summed E-state index contributed by atoms with van der Waals surface area (Å²) in [5.74, 6) is 0.369. The zero-order valence-electron chi connectivity index (χ0n) is 11.5. The smallest absolute Gasteiger partial charge is 0.266 e. The minimum Gasteiger partial charge on any atom is -0.395 e. The van der Waals surface area contributed by atoms with Gasteiger partial charge in [0.05, 0.1) is 18.1 Å². The van der Waals surface area contributed by atoms with Gasteiger partial charge in [-0.1, -0.05) is 62.1 Å². The van der Waals surface area contributed by atoms with E-state index in [-0.39, 0.29) is 19.1 Å². The zero-order valence-corrected chi connectivity index (χ0v) is 13.1. The maximum atomic E-state index is 12.1. The molecule has 0 bridgehead atoms. The number of aliphatic hydroxyl groups is 1. The van der Waals surface area contributed by atoms with Crippen LogP contribution in [0.3, 0.4) is 0 Å². The average Bonchev–Trinajstić information content (AvgIpc) is 2.67. The van der Waals surface area contributed by atoms with Gasteiger partial charge in [-0.15, -0.1) is 0 Å². The van der Waals surface area contributed by atoms with E-state index in [1.807, 2.05) is 18.2 Å². The summed E-state index contributed by atoms with van der Waals surface area (Å²) in [6.45, 7) is 4.47. The largest absolute Gasteiger partial charge is 0.395 e. The lowest BCUT2D eigenvalue weighted by atomic mass is 10.0. The topological polar surface area (TPSA) is 40.5 Å². The van der Waals surface area contributed by atoms with E-state index in [0.29, 0.717) is 15.1 Å². The highest BCUT2D eigenvalue weighted by atomic mass is 32.2. The summed E-state index contributed by atoms with van der Waals surface area (Å²) in [5, 5.41) is 8.94. The molecule has 0 unspecified atom stereocenters. The van der Waals surface area contributed by atoms with Crippen LogP contribution in [0.25, 0.3) is 6.08 Å². The third-order valence-electron chi connectivity index (χ3n) is 3.10. The molecule has 1 fully saturated rings. The summed E-state index contributed by atoms with van der Waals surface area (Å²) >= 11 is 6.43. The standard InChI is InChI=1S/C15H17NO2S2/c1-10(2)12-5-3-11(4-6-12)9-13-14(18)16(7-8-17)15(19)20-13/h3-6,9-10,17H,7-8H2,1-2H3/b13-9-. The molecule has 3 nitrogen and oxygen atoms in total. The summed E-state index contributed by atoms with van der Waals surface area (Å²) in [4.78, 5) is 14.2. The molecule has 20 heavy (non-hydrogen) atoms. The van der Waals surface area contributed by atoms with Crippen molar-refractivity contribution in [2.24, 2.45) is 0 Å². The van der Waals surface area contributed by atoms with Crippen molar-refractivity contribution in [3.63, 3.8) is 0 Å². The van der Waals surface area contributed by atoms with Crippen LogP contribution in [0.5, 0.6) is 0 Å². The number of carbonyl (C=O) groups is 1. The van der Waals surface area contributed by atoms with Gasteiger partial charge in [-0.25, -0.2) is 0 Å². The normalized spacial score (nSPS) is 17.6. The molecule has 1 saturated heterocycles. The monoisotopic (exact) mass is 307 g/mol. The molecular weight excluding hydrogens is 290 g/mol. The van der Waals surface area contributed by atoms with Crippen LogP contribution in [0.1, 0.15) is 30.9 Å². The number of β-amino-alcohol motifs (C(OH)–C–C–N with tert-alkyl or cyclic N) is 1. The Morgan fingerprint density at radius 1 is 1.35 bits per heavy atom. The first-order valence-electron chi connectivity index (χ1n) is 6.49. The van der Waals surface area contributed by atoms with E-state index < -0.39 is 0 Å². The quantitative estimate of drug-likeness (QED) is 0.686. The van der Waals surface area contributed by atoms with Crippen molar-refractivity contribution < 1.29 is 9.90 Å². The van der Waals surface area contributed by atoms with Crippen molar-refractivity contribution in [1.29, 1.82) is 0 Å². The summed E-state index contributed by atoms with van der Waals surface area (Å²) < 4.78 is 0.508. The fourth-order valence-corrected chi connectivity index (χ4v) is 3.23. The van der Waals surface area contributed by atoms with Crippen LogP contribution in [-0.4, -0.2) is 33.4 Å². The number of aliphatic hydroxyl groups excluding tert-OH is 1. The molecule has 1 heterocycles. The molecule has 106 valence electrons. The number of benzene rings is 1.